The summed E-state index contributed by atoms with van der Waals surface area (Å²) in [6, 6.07) is 1.59. The van der Waals surface area contributed by atoms with E-state index >= 15 is 0 Å². The Labute approximate surface area is 110 Å². The van der Waals surface area contributed by atoms with Gasteiger partial charge in [-0.2, -0.15) is 0 Å². The van der Waals surface area contributed by atoms with Gasteiger partial charge in [0, 0.05) is 19.1 Å². The summed E-state index contributed by atoms with van der Waals surface area (Å²) >= 11 is 11.6. The summed E-state index contributed by atoms with van der Waals surface area (Å²) in [5.41, 5.74) is 6.38. The monoisotopic (exact) mass is 275 g/mol. The van der Waals surface area contributed by atoms with Crippen molar-refractivity contribution in [2.24, 2.45) is 11.7 Å². The molecule has 1 amide bonds. The van der Waals surface area contributed by atoms with Gasteiger partial charge in [-0.1, -0.05) is 30.1 Å². The smallest absolute Gasteiger partial charge is 0.270 e. The molecule has 1 saturated heterocycles. The lowest BCUT2D eigenvalue weighted by atomic mass is 9.94. The number of rotatable bonds is 1. The van der Waals surface area contributed by atoms with E-state index in [2.05, 4.69) is 11.9 Å². The molecule has 2 rings (SSSR count). The van der Waals surface area contributed by atoms with Gasteiger partial charge in [0.15, 0.2) is 0 Å². The predicted molar refractivity (Wildman–Crippen MR) is 68.5 cm³/mol. The number of aromatic nitrogens is 1. The topological polar surface area (TPSA) is 62.1 Å². The molecule has 1 aliphatic heterocycles. The van der Waals surface area contributed by atoms with Crippen molar-refractivity contribution in [2.45, 2.75) is 19.4 Å². The first-order valence-corrected chi connectivity index (χ1v) is 6.33. The highest BCUT2D eigenvalue weighted by Gasteiger charge is 2.27. The standard InChI is InChI=1S/C11H15Cl2N3O/c1-6-2-3-16(5-8(6)14)11(17)9-4-7(12)10(13)15-9/h4,6,8,15H,2-3,5,14H2,1H3. The average Bonchev–Trinajstić information content (AvgIpc) is 2.62. The number of likely N-dealkylation sites (tertiary alicyclic amines) is 1. The molecule has 17 heavy (non-hydrogen) atoms. The van der Waals surface area contributed by atoms with Gasteiger partial charge in [-0.3, -0.25) is 4.79 Å². The van der Waals surface area contributed by atoms with E-state index in [-0.39, 0.29) is 11.9 Å². The summed E-state index contributed by atoms with van der Waals surface area (Å²) in [4.78, 5) is 16.6. The molecule has 2 atom stereocenters. The summed E-state index contributed by atoms with van der Waals surface area (Å²) in [7, 11) is 0. The number of nitrogens with one attached hydrogen (secondary N) is 1. The van der Waals surface area contributed by atoms with E-state index in [0.29, 0.717) is 28.3 Å². The molecule has 4 nitrogen and oxygen atoms in total. The summed E-state index contributed by atoms with van der Waals surface area (Å²) in [5.74, 6) is 0.357. The minimum Gasteiger partial charge on any atom is -0.340 e. The molecule has 0 bridgehead atoms. The third-order valence-electron chi connectivity index (χ3n) is 3.26. The van der Waals surface area contributed by atoms with Gasteiger partial charge in [0.2, 0.25) is 0 Å². The van der Waals surface area contributed by atoms with Gasteiger partial charge in [0.05, 0.1) is 5.02 Å². The highest BCUT2D eigenvalue weighted by Crippen LogP contribution is 2.24. The molecule has 0 spiro atoms. The molecule has 0 aromatic carbocycles. The van der Waals surface area contributed by atoms with Crippen molar-refractivity contribution < 1.29 is 4.79 Å². The molecule has 0 radical (unpaired) electrons. The molecule has 1 aromatic heterocycles. The summed E-state index contributed by atoms with van der Waals surface area (Å²) < 4.78 is 0. The Kier molecular flexibility index (Phi) is 3.66. The van der Waals surface area contributed by atoms with Crippen LogP contribution in [0, 0.1) is 5.92 Å². The van der Waals surface area contributed by atoms with E-state index in [1.165, 1.54) is 0 Å². The van der Waals surface area contributed by atoms with Crippen molar-refractivity contribution in [1.82, 2.24) is 9.88 Å². The Morgan fingerprint density at radius 3 is 2.82 bits per heavy atom. The lowest BCUT2D eigenvalue weighted by Gasteiger charge is -2.34. The van der Waals surface area contributed by atoms with Crippen LogP contribution in [-0.4, -0.2) is 34.9 Å². The van der Waals surface area contributed by atoms with Crippen molar-refractivity contribution in [3.05, 3.63) is 21.9 Å². The highest BCUT2D eigenvalue weighted by atomic mass is 35.5. The first-order valence-electron chi connectivity index (χ1n) is 5.58. The Morgan fingerprint density at radius 2 is 2.29 bits per heavy atom. The second-order valence-corrected chi connectivity index (χ2v) is 5.31. The minimum absolute atomic E-state index is 0.0357. The molecular weight excluding hydrogens is 261 g/mol. The third kappa shape index (κ3) is 2.59. The van der Waals surface area contributed by atoms with Gasteiger partial charge < -0.3 is 15.6 Å². The largest absolute Gasteiger partial charge is 0.340 e. The van der Waals surface area contributed by atoms with E-state index < -0.39 is 0 Å². The van der Waals surface area contributed by atoms with Crippen LogP contribution in [0.15, 0.2) is 6.07 Å². The molecule has 6 heteroatoms. The fraction of sp³-hybridized carbons (Fsp3) is 0.545. The van der Waals surface area contributed by atoms with E-state index in [0.717, 1.165) is 13.0 Å². The molecule has 1 fully saturated rings. The fourth-order valence-electron chi connectivity index (χ4n) is 1.97. The number of nitrogens with two attached hydrogens (primary N) is 1. The normalized spacial score (nSPS) is 25.1. The molecular formula is C11H15Cl2N3O. The predicted octanol–water partition coefficient (Wildman–Crippen LogP) is 2.13. The van der Waals surface area contributed by atoms with Crippen LogP contribution in [0.1, 0.15) is 23.8 Å². The Balaban J connectivity index is 2.10. The Bertz CT molecular complexity index is 413. The summed E-state index contributed by atoms with van der Waals surface area (Å²) in [6.45, 7) is 3.41. The van der Waals surface area contributed by atoms with Crippen LogP contribution in [-0.2, 0) is 0 Å². The maximum Gasteiger partial charge on any atom is 0.270 e. The third-order valence-corrected chi connectivity index (χ3v) is 3.95. The first kappa shape index (κ1) is 12.7. The fourth-order valence-corrected chi connectivity index (χ4v) is 2.29. The quantitative estimate of drug-likeness (QED) is 0.825. The number of hydrogen-bond donors (Lipinski definition) is 2. The van der Waals surface area contributed by atoms with E-state index in [4.69, 9.17) is 28.9 Å². The van der Waals surface area contributed by atoms with Crippen molar-refractivity contribution >= 4 is 29.1 Å². The second kappa shape index (κ2) is 4.88. The van der Waals surface area contributed by atoms with Crippen LogP contribution < -0.4 is 5.73 Å². The molecule has 2 heterocycles. The van der Waals surface area contributed by atoms with Gasteiger partial charge in [-0.05, 0) is 18.4 Å². The van der Waals surface area contributed by atoms with Gasteiger partial charge >= 0.3 is 0 Å². The van der Waals surface area contributed by atoms with Gasteiger partial charge in [-0.25, -0.2) is 0 Å². The summed E-state index contributed by atoms with van der Waals surface area (Å²) in [6.07, 6.45) is 0.926. The first-order chi connectivity index (χ1) is 7.99. The number of amides is 1. The number of piperidine rings is 1. The molecule has 1 aromatic rings. The molecule has 1 aliphatic rings. The molecule has 94 valence electrons. The van der Waals surface area contributed by atoms with Gasteiger partial charge in [0.1, 0.15) is 10.8 Å². The average molecular weight is 276 g/mol. The van der Waals surface area contributed by atoms with Gasteiger partial charge in [-0.15, -0.1) is 0 Å². The lowest BCUT2D eigenvalue weighted by molar-refractivity contribution is 0.0667. The number of aromatic amines is 1. The minimum atomic E-state index is -0.0962. The number of carbonyl (C=O) groups is 1. The van der Waals surface area contributed by atoms with Crippen molar-refractivity contribution in [2.75, 3.05) is 13.1 Å². The van der Waals surface area contributed by atoms with Crippen molar-refractivity contribution in [3.8, 4) is 0 Å². The molecule has 2 unspecified atom stereocenters. The lowest BCUT2D eigenvalue weighted by Crippen LogP contribution is -2.49. The number of nitrogens with zero attached hydrogens (tertiary/aromatic N) is 1. The van der Waals surface area contributed by atoms with Crippen LogP contribution in [0.25, 0.3) is 0 Å². The highest BCUT2D eigenvalue weighted by molar-refractivity contribution is 6.41. The Morgan fingerprint density at radius 1 is 1.59 bits per heavy atom. The van der Waals surface area contributed by atoms with E-state index in [1.807, 2.05) is 0 Å². The van der Waals surface area contributed by atoms with Crippen LogP contribution >= 0.6 is 23.2 Å². The zero-order chi connectivity index (χ0) is 12.6. The maximum atomic E-state index is 12.1. The van der Waals surface area contributed by atoms with Gasteiger partial charge in [0.25, 0.3) is 5.91 Å². The molecule has 0 saturated carbocycles. The molecule has 3 N–H and O–H groups in total. The second-order valence-electron chi connectivity index (χ2n) is 4.53. The SMILES string of the molecule is CC1CCN(C(=O)c2cc(Cl)c(Cl)[nH]2)CC1N. The molecule has 0 aliphatic carbocycles. The van der Waals surface area contributed by atoms with Crippen LogP contribution in [0.5, 0.6) is 0 Å². The number of H-pyrrole nitrogens is 1. The number of hydrogen-bond acceptors (Lipinski definition) is 2. The number of halogens is 2. The van der Waals surface area contributed by atoms with Crippen LogP contribution in [0.4, 0.5) is 0 Å². The zero-order valence-electron chi connectivity index (χ0n) is 9.54. The Hall–Kier alpha value is -0.710. The number of carbonyl (C=O) groups excluding carboxylic acids is 1. The van der Waals surface area contributed by atoms with Crippen molar-refractivity contribution in [1.29, 1.82) is 0 Å². The van der Waals surface area contributed by atoms with E-state index in [1.54, 1.807) is 11.0 Å². The van der Waals surface area contributed by atoms with Crippen molar-refractivity contribution in [3.63, 3.8) is 0 Å². The summed E-state index contributed by atoms with van der Waals surface area (Å²) in [5, 5.41) is 0.661. The van der Waals surface area contributed by atoms with Crippen LogP contribution in [0.2, 0.25) is 10.2 Å². The van der Waals surface area contributed by atoms with E-state index in [9.17, 15) is 4.79 Å². The zero-order valence-corrected chi connectivity index (χ0v) is 11.1. The maximum absolute atomic E-state index is 12.1. The van der Waals surface area contributed by atoms with Crippen LogP contribution in [0.3, 0.4) is 0 Å².